The smallest absolute Gasteiger partial charge is 0.358 e. The molecule has 0 fully saturated rings. The topological polar surface area (TPSA) is 103 Å². The van der Waals surface area contributed by atoms with E-state index < -0.39 is 29.1 Å². The number of para-hydroxylation sites is 1. The molecule has 0 saturated heterocycles. The summed E-state index contributed by atoms with van der Waals surface area (Å²) in [7, 11) is 1.54. The van der Waals surface area contributed by atoms with Gasteiger partial charge in [0.15, 0.2) is 5.69 Å². The maximum absolute atomic E-state index is 14.5. The number of benzene rings is 2. The van der Waals surface area contributed by atoms with Gasteiger partial charge >= 0.3 is 5.97 Å². The van der Waals surface area contributed by atoms with Crippen LogP contribution in [0.2, 0.25) is 0 Å². The lowest BCUT2D eigenvalue weighted by Crippen LogP contribution is -2.63. The van der Waals surface area contributed by atoms with Gasteiger partial charge in [-0.05, 0) is 26.0 Å². The number of hydrogen-bond acceptors (Lipinski definition) is 6. The number of ether oxygens (including phenoxy) is 2. The summed E-state index contributed by atoms with van der Waals surface area (Å²) in [5.74, 6) is -1.57. The number of rotatable bonds is 8. The molecular formula is C26H27FN4O5. The average molecular weight is 495 g/mol. The Morgan fingerprint density at radius 1 is 1.14 bits per heavy atom. The third-order valence-corrected chi connectivity index (χ3v) is 6.19. The highest BCUT2D eigenvalue weighted by molar-refractivity contribution is 6.01. The van der Waals surface area contributed by atoms with Crippen molar-refractivity contribution in [3.05, 3.63) is 82.9 Å². The molecule has 10 heteroatoms. The fourth-order valence-electron chi connectivity index (χ4n) is 4.21. The van der Waals surface area contributed by atoms with Crippen LogP contribution in [0.25, 0.3) is 0 Å². The Kier molecular flexibility index (Phi) is 7.05. The average Bonchev–Trinajstić information content (AvgIpc) is 3.30. The molecule has 0 aliphatic carbocycles. The van der Waals surface area contributed by atoms with E-state index >= 15 is 0 Å². The van der Waals surface area contributed by atoms with Crippen molar-refractivity contribution in [3.63, 3.8) is 0 Å². The summed E-state index contributed by atoms with van der Waals surface area (Å²) < 4.78 is 26.2. The molecule has 2 amide bonds. The molecule has 0 bridgehead atoms. The van der Waals surface area contributed by atoms with E-state index in [0.29, 0.717) is 5.75 Å². The van der Waals surface area contributed by atoms with E-state index in [2.05, 4.69) is 10.4 Å². The maximum Gasteiger partial charge on any atom is 0.358 e. The summed E-state index contributed by atoms with van der Waals surface area (Å²) in [6.45, 7) is 3.37. The van der Waals surface area contributed by atoms with E-state index in [4.69, 9.17) is 9.47 Å². The van der Waals surface area contributed by atoms with Gasteiger partial charge in [-0.25, -0.2) is 9.18 Å². The zero-order valence-corrected chi connectivity index (χ0v) is 20.3. The van der Waals surface area contributed by atoms with Gasteiger partial charge in [-0.3, -0.25) is 14.3 Å². The van der Waals surface area contributed by atoms with Gasteiger partial charge in [0.25, 0.3) is 5.91 Å². The van der Waals surface area contributed by atoms with Gasteiger partial charge in [0.2, 0.25) is 5.91 Å². The summed E-state index contributed by atoms with van der Waals surface area (Å²) in [4.78, 5) is 40.8. The first-order valence-corrected chi connectivity index (χ1v) is 11.5. The van der Waals surface area contributed by atoms with Gasteiger partial charge in [0, 0.05) is 23.7 Å². The number of halogens is 1. The fraction of sp³-hybridized carbons (Fsp3) is 0.308. The van der Waals surface area contributed by atoms with Crippen LogP contribution >= 0.6 is 0 Å². The Balaban J connectivity index is 1.69. The van der Waals surface area contributed by atoms with Crippen molar-refractivity contribution >= 4 is 17.8 Å². The van der Waals surface area contributed by atoms with Crippen LogP contribution in [0.15, 0.2) is 54.6 Å². The third kappa shape index (κ3) is 4.66. The van der Waals surface area contributed by atoms with E-state index in [-0.39, 0.29) is 43.2 Å². The second kappa shape index (κ2) is 10.2. The minimum Gasteiger partial charge on any atom is -0.496 e. The lowest BCUT2D eigenvalue weighted by Gasteiger charge is -2.43. The molecule has 1 aromatic heterocycles. The molecule has 188 valence electrons. The fourth-order valence-corrected chi connectivity index (χ4v) is 4.21. The highest BCUT2D eigenvalue weighted by Crippen LogP contribution is 2.30. The van der Waals surface area contributed by atoms with Crippen LogP contribution in [-0.2, 0) is 29.2 Å². The number of aromatic nitrogens is 2. The van der Waals surface area contributed by atoms with E-state index in [1.54, 1.807) is 38.1 Å². The Hall–Kier alpha value is -4.21. The Labute approximate surface area is 207 Å². The van der Waals surface area contributed by atoms with Gasteiger partial charge in [-0.2, -0.15) is 5.10 Å². The molecule has 36 heavy (non-hydrogen) atoms. The Morgan fingerprint density at radius 3 is 2.53 bits per heavy atom. The quantitative estimate of drug-likeness (QED) is 0.483. The second-order valence-electron chi connectivity index (χ2n) is 8.54. The van der Waals surface area contributed by atoms with Crippen LogP contribution in [0.1, 0.15) is 46.0 Å². The SMILES string of the molecule is CCOC(=O)c1cc2n(n1)CC(C)(C(=O)NCc1ccccc1OC)N(Cc1ccccc1F)C2=O. The number of hydrogen-bond donors (Lipinski definition) is 1. The van der Waals surface area contributed by atoms with Crippen molar-refractivity contribution in [1.82, 2.24) is 20.0 Å². The monoisotopic (exact) mass is 494 g/mol. The molecule has 1 N–H and O–H groups in total. The molecule has 2 aromatic carbocycles. The zero-order chi connectivity index (χ0) is 25.9. The molecule has 3 aromatic rings. The number of amides is 2. The Bertz CT molecular complexity index is 1310. The van der Waals surface area contributed by atoms with Gasteiger partial charge in [0.05, 0.1) is 26.8 Å². The molecule has 0 saturated carbocycles. The lowest BCUT2D eigenvalue weighted by molar-refractivity contribution is -0.133. The minimum absolute atomic E-state index is 0.0373. The number of nitrogens with zero attached hydrogens (tertiary/aromatic N) is 3. The first-order valence-electron chi connectivity index (χ1n) is 11.5. The molecule has 1 unspecified atom stereocenters. The highest BCUT2D eigenvalue weighted by Gasteiger charge is 2.48. The molecule has 1 atom stereocenters. The largest absolute Gasteiger partial charge is 0.496 e. The van der Waals surface area contributed by atoms with Gasteiger partial charge in [0.1, 0.15) is 22.8 Å². The third-order valence-electron chi connectivity index (χ3n) is 6.19. The van der Waals surface area contributed by atoms with Crippen molar-refractivity contribution in [1.29, 1.82) is 0 Å². The van der Waals surface area contributed by atoms with E-state index in [1.165, 1.54) is 28.8 Å². The summed E-state index contributed by atoms with van der Waals surface area (Å²) in [5, 5.41) is 7.10. The first kappa shape index (κ1) is 24.9. The van der Waals surface area contributed by atoms with Crippen molar-refractivity contribution in [3.8, 4) is 5.75 Å². The number of methoxy groups -OCH3 is 1. The van der Waals surface area contributed by atoms with Gasteiger partial charge < -0.3 is 19.7 Å². The molecule has 9 nitrogen and oxygen atoms in total. The molecule has 2 heterocycles. The Morgan fingerprint density at radius 2 is 1.83 bits per heavy atom. The standard InChI is InChI=1S/C26H27FN4O5/c1-4-36-24(33)20-13-21-23(32)30(15-18-10-5-7-11-19(18)27)26(2,16-31(21)29-20)25(34)28-14-17-9-6-8-12-22(17)35-3/h5-13H,4,14-16H2,1-3H3,(H,28,34). The van der Waals surface area contributed by atoms with Crippen molar-refractivity contribution in [2.45, 2.75) is 39.0 Å². The van der Waals surface area contributed by atoms with E-state index in [9.17, 15) is 18.8 Å². The molecule has 0 radical (unpaired) electrons. The predicted octanol–water partition coefficient (Wildman–Crippen LogP) is 2.94. The number of fused-ring (bicyclic) bond motifs is 1. The second-order valence-corrected chi connectivity index (χ2v) is 8.54. The number of carbonyl (C=O) groups excluding carboxylic acids is 3. The maximum atomic E-state index is 14.5. The van der Waals surface area contributed by atoms with Gasteiger partial charge in [-0.1, -0.05) is 36.4 Å². The molecule has 4 rings (SSSR count). The molecule has 1 aliphatic heterocycles. The van der Waals surface area contributed by atoms with Crippen molar-refractivity contribution < 1.29 is 28.2 Å². The van der Waals surface area contributed by atoms with E-state index in [1.807, 2.05) is 18.2 Å². The summed E-state index contributed by atoms with van der Waals surface area (Å²) in [5.41, 5.74) is -0.349. The van der Waals surface area contributed by atoms with Crippen molar-refractivity contribution in [2.24, 2.45) is 0 Å². The normalized spacial score (nSPS) is 16.9. The number of carbonyl (C=O) groups is 3. The predicted molar refractivity (Wildman–Crippen MR) is 128 cm³/mol. The zero-order valence-electron chi connectivity index (χ0n) is 20.3. The molecule has 0 spiro atoms. The van der Waals surface area contributed by atoms with Crippen LogP contribution in [0.5, 0.6) is 5.75 Å². The van der Waals surface area contributed by atoms with Crippen LogP contribution in [-0.4, -0.2) is 51.7 Å². The van der Waals surface area contributed by atoms with Crippen LogP contribution in [0.3, 0.4) is 0 Å². The first-order chi connectivity index (χ1) is 17.3. The van der Waals surface area contributed by atoms with Gasteiger partial charge in [-0.15, -0.1) is 0 Å². The van der Waals surface area contributed by atoms with Crippen LogP contribution in [0, 0.1) is 5.82 Å². The van der Waals surface area contributed by atoms with Crippen LogP contribution in [0.4, 0.5) is 4.39 Å². The molecular weight excluding hydrogens is 467 g/mol. The minimum atomic E-state index is -1.44. The summed E-state index contributed by atoms with van der Waals surface area (Å²) in [6.07, 6.45) is 0. The summed E-state index contributed by atoms with van der Waals surface area (Å²) in [6, 6.07) is 14.7. The van der Waals surface area contributed by atoms with Crippen molar-refractivity contribution in [2.75, 3.05) is 13.7 Å². The highest BCUT2D eigenvalue weighted by atomic mass is 19.1. The number of nitrogens with one attached hydrogen (secondary N) is 1. The van der Waals surface area contributed by atoms with E-state index in [0.717, 1.165) is 5.56 Å². The number of esters is 1. The van der Waals surface area contributed by atoms with Crippen LogP contribution < -0.4 is 10.1 Å². The molecule has 1 aliphatic rings. The lowest BCUT2D eigenvalue weighted by atomic mass is 9.94. The summed E-state index contributed by atoms with van der Waals surface area (Å²) >= 11 is 0.